The Morgan fingerprint density at radius 1 is 1.00 bits per heavy atom. The summed E-state index contributed by atoms with van der Waals surface area (Å²) < 4.78 is 8.76. The van der Waals surface area contributed by atoms with Crippen LogP contribution in [-0.4, -0.2) is 49.4 Å². The number of carbonyl (C=O) groups is 1. The second-order valence-electron chi connectivity index (χ2n) is 11.7. The number of anilines is 1. The van der Waals surface area contributed by atoms with Crippen LogP contribution in [0.3, 0.4) is 0 Å². The summed E-state index contributed by atoms with van der Waals surface area (Å²) in [6, 6.07) is 14.9. The molecule has 4 nitrogen and oxygen atoms in total. The molecule has 0 aliphatic carbocycles. The van der Waals surface area contributed by atoms with Gasteiger partial charge in [-0.05, 0) is 0 Å². The topological polar surface area (TPSA) is 58.6 Å². The van der Waals surface area contributed by atoms with Crippen LogP contribution >= 0.6 is 0 Å². The minimum absolute atomic E-state index is 0.297. The number of hydrogen-bond donors (Lipinski definition) is 2. The van der Waals surface area contributed by atoms with Crippen molar-refractivity contribution in [2.24, 2.45) is 0 Å². The van der Waals surface area contributed by atoms with Crippen LogP contribution in [0.1, 0.15) is 50.7 Å². The van der Waals surface area contributed by atoms with Gasteiger partial charge in [0, 0.05) is 0 Å². The first kappa shape index (κ1) is 29.2. The maximum atomic E-state index is 12.9. The van der Waals surface area contributed by atoms with E-state index in [4.69, 9.17) is 9.84 Å². The van der Waals surface area contributed by atoms with E-state index in [0.717, 1.165) is 24.1 Å². The van der Waals surface area contributed by atoms with Gasteiger partial charge in [0.25, 0.3) is 0 Å². The fourth-order valence-electron chi connectivity index (χ4n) is 4.25. The second-order valence-corrected chi connectivity index (χ2v) is 36.2. The Morgan fingerprint density at radius 2 is 1.62 bits per heavy atom. The van der Waals surface area contributed by atoms with Crippen LogP contribution < -0.4 is 13.3 Å². The van der Waals surface area contributed by atoms with Gasteiger partial charge in [0.15, 0.2) is 0 Å². The number of nitrogens with one attached hydrogen (secondary N) is 1. The fourth-order valence-corrected chi connectivity index (χ4v) is 14.7. The number of aliphatic hydroxyl groups excluding tert-OH is 1. The van der Waals surface area contributed by atoms with Crippen molar-refractivity contribution in [1.29, 1.82) is 0 Å². The van der Waals surface area contributed by atoms with E-state index in [1.807, 2.05) is 38.1 Å². The number of unbranched alkanes of at least 4 members (excludes halogenated alkanes) is 3. The molecular weight excluding hydrogens is 590 g/mol. The SMILES string of the molecule is Cc1ccc(C(C)(C)OC(=O)Nc2cc[c]([Ge]([CH3])([CH3])[CH2]CCCCCO)c[c]2[Sn]([CH3])([CH3])[CH3])cc1. The van der Waals surface area contributed by atoms with Crippen LogP contribution in [0, 0.1) is 6.92 Å². The molecule has 0 heterocycles. The summed E-state index contributed by atoms with van der Waals surface area (Å²) in [6.45, 7) is 6.21. The molecule has 0 saturated heterocycles. The molecule has 2 rings (SSSR count). The first-order chi connectivity index (χ1) is 15.8. The molecule has 2 N–H and O–H groups in total. The van der Waals surface area contributed by atoms with Gasteiger partial charge in [-0.15, -0.1) is 0 Å². The van der Waals surface area contributed by atoms with Gasteiger partial charge >= 0.3 is 215 Å². The Labute approximate surface area is 214 Å². The number of amides is 1. The van der Waals surface area contributed by atoms with Crippen LogP contribution in [0.15, 0.2) is 42.5 Å². The van der Waals surface area contributed by atoms with Gasteiger partial charge in [-0.25, -0.2) is 0 Å². The summed E-state index contributed by atoms with van der Waals surface area (Å²) in [5.41, 5.74) is 2.37. The summed E-state index contributed by atoms with van der Waals surface area (Å²) in [6.07, 6.45) is 4.06. The van der Waals surface area contributed by atoms with Crippen molar-refractivity contribution < 1.29 is 14.6 Å². The summed E-state index contributed by atoms with van der Waals surface area (Å²) >= 11 is -4.66. The molecule has 0 unspecified atom stereocenters. The Balaban J connectivity index is 2.18. The molecular formula is C28H45GeNO3Sn. The monoisotopic (exact) mass is 637 g/mol. The minimum atomic E-state index is -2.52. The number of carbonyl (C=O) groups excluding carboxylic acids is 1. The summed E-state index contributed by atoms with van der Waals surface area (Å²) in [5, 5.41) is 13.4. The van der Waals surface area contributed by atoms with E-state index in [1.54, 1.807) is 0 Å². The number of ether oxygens (including phenoxy) is 1. The number of rotatable bonds is 11. The molecule has 34 heavy (non-hydrogen) atoms. The molecule has 0 radical (unpaired) electrons. The molecule has 1 amide bonds. The van der Waals surface area contributed by atoms with E-state index >= 15 is 0 Å². The van der Waals surface area contributed by atoms with E-state index < -0.39 is 43.3 Å². The third-order valence-electron chi connectivity index (χ3n) is 6.65. The maximum absolute atomic E-state index is 12.9. The second kappa shape index (κ2) is 12.3. The zero-order valence-corrected chi connectivity index (χ0v) is 27.5. The summed E-state index contributed by atoms with van der Waals surface area (Å²) in [7, 11) is 0. The molecule has 188 valence electrons. The Kier molecular flexibility index (Phi) is 10.6. The van der Waals surface area contributed by atoms with E-state index in [2.05, 4.69) is 56.8 Å². The van der Waals surface area contributed by atoms with Crippen molar-refractivity contribution in [3.05, 3.63) is 53.6 Å². The summed E-state index contributed by atoms with van der Waals surface area (Å²) in [4.78, 5) is 20.1. The van der Waals surface area contributed by atoms with E-state index in [0.29, 0.717) is 6.61 Å². The van der Waals surface area contributed by atoms with Gasteiger partial charge in [0.05, 0.1) is 0 Å². The predicted octanol–water partition coefficient (Wildman–Crippen LogP) is 6.49. The number of aryl methyl sites for hydroxylation is 1. The number of benzene rings is 2. The molecule has 0 atom stereocenters. The zero-order valence-electron chi connectivity index (χ0n) is 22.5. The van der Waals surface area contributed by atoms with Crippen LogP contribution in [0.2, 0.25) is 31.6 Å². The average Bonchev–Trinajstić information content (AvgIpc) is 2.72. The van der Waals surface area contributed by atoms with Gasteiger partial charge in [-0.3, -0.25) is 0 Å². The van der Waals surface area contributed by atoms with Crippen molar-refractivity contribution in [3.8, 4) is 0 Å². The molecule has 0 fully saturated rings. The first-order valence-corrected chi connectivity index (χ1v) is 29.3. The molecule has 0 saturated carbocycles. The fraction of sp³-hybridized carbons (Fsp3) is 0.536. The standard InChI is InChI=1S/C25H36GeNO3.3CH3.Sn/c1-20-10-12-21(13-11-20)25(2,3)30-24(29)27-23-16-14-22(15-17-23)26(4,5)18-8-6-7-9-19-28;;;;/h10-16,28H,6-9,18-19H2,1-5H3,(H,27,29);3*1H3;. The van der Waals surface area contributed by atoms with E-state index in [-0.39, 0.29) is 0 Å². The summed E-state index contributed by atoms with van der Waals surface area (Å²) in [5.74, 6) is 4.99. The van der Waals surface area contributed by atoms with E-state index in [1.165, 1.54) is 31.6 Å². The molecule has 0 spiro atoms. The van der Waals surface area contributed by atoms with Gasteiger partial charge in [-0.2, -0.15) is 0 Å². The van der Waals surface area contributed by atoms with Gasteiger partial charge in [-0.1, -0.05) is 0 Å². The van der Waals surface area contributed by atoms with Crippen molar-refractivity contribution in [2.75, 3.05) is 11.9 Å². The van der Waals surface area contributed by atoms with E-state index in [9.17, 15) is 4.79 Å². The van der Waals surface area contributed by atoms with Gasteiger partial charge in [0.2, 0.25) is 0 Å². The molecule has 0 bridgehead atoms. The van der Waals surface area contributed by atoms with Crippen LogP contribution in [-0.2, 0) is 10.3 Å². The first-order valence-electron chi connectivity index (χ1n) is 12.6. The Hall–Kier alpha value is -0.988. The third kappa shape index (κ3) is 8.59. The van der Waals surface area contributed by atoms with Gasteiger partial charge < -0.3 is 0 Å². The molecule has 2 aromatic carbocycles. The Bertz CT molecular complexity index is 949. The third-order valence-corrected chi connectivity index (χ3v) is 19.7. The van der Waals surface area contributed by atoms with Crippen LogP contribution in [0.4, 0.5) is 10.5 Å². The predicted molar refractivity (Wildman–Crippen MR) is 151 cm³/mol. The van der Waals surface area contributed by atoms with Crippen molar-refractivity contribution >= 4 is 51.4 Å². The van der Waals surface area contributed by atoms with Crippen molar-refractivity contribution in [3.63, 3.8) is 0 Å². The zero-order chi connectivity index (χ0) is 25.6. The van der Waals surface area contributed by atoms with Crippen molar-refractivity contribution in [1.82, 2.24) is 0 Å². The molecule has 0 aliphatic heterocycles. The van der Waals surface area contributed by atoms with Crippen LogP contribution in [0.5, 0.6) is 0 Å². The van der Waals surface area contributed by atoms with Crippen molar-refractivity contribution in [2.45, 2.75) is 83.6 Å². The number of hydrogen-bond acceptors (Lipinski definition) is 3. The average molecular weight is 635 g/mol. The quantitative estimate of drug-likeness (QED) is 0.220. The Morgan fingerprint density at radius 3 is 2.21 bits per heavy atom. The van der Waals surface area contributed by atoms with Crippen LogP contribution in [0.25, 0.3) is 0 Å². The molecule has 6 heteroatoms. The number of aliphatic hydroxyl groups is 1. The molecule has 0 aliphatic rings. The molecule has 0 aromatic heterocycles. The molecule has 2 aromatic rings. The van der Waals surface area contributed by atoms with Gasteiger partial charge in [0.1, 0.15) is 0 Å². The normalized spacial score (nSPS) is 12.5.